The number of piperidine rings is 1. The van der Waals surface area contributed by atoms with E-state index in [-0.39, 0.29) is 18.2 Å². The number of halogens is 2. The molecule has 2 amide bonds. The molecule has 2 aliphatic rings. The lowest BCUT2D eigenvalue weighted by atomic mass is 10.0. The summed E-state index contributed by atoms with van der Waals surface area (Å²) in [7, 11) is 0. The first-order chi connectivity index (χ1) is 9.56. The Kier molecular flexibility index (Phi) is 3.33. The number of rotatable bonds is 1. The van der Waals surface area contributed by atoms with Gasteiger partial charge in [0.25, 0.3) is 0 Å². The smallest absolute Gasteiger partial charge is 0.322 e. The molecule has 2 atom stereocenters. The van der Waals surface area contributed by atoms with Crippen molar-refractivity contribution in [1.82, 2.24) is 4.90 Å². The highest BCUT2D eigenvalue weighted by atomic mass is 19.1. The van der Waals surface area contributed by atoms with E-state index in [0.717, 1.165) is 25.0 Å². The van der Waals surface area contributed by atoms with Gasteiger partial charge in [0.2, 0.25) is 0 Å². The van der Waals surface area contributed by atoms with Gasteiger partial charge in [-0.3, -0.25) is 0 Å². The molecular weight excluding hydrogens is 266 g/mol. The highest BCUT2D eigenvalue weighted by Crippen LogP contribution is 2.36. The van der Waals surface area contributed by atoms with Crippen molar-refractivity contribution in [2.45, 2.75) is 43.9 Å². The van der Waals surface area contributed by atoms with E-state index in [1.54, 1.807) is 4.90 Å². The molecule has 1 aromatic rings. The first kappa shape index (κ1) is 13.3. The van der Waals surface area contributed by atoms with E-state index in [9.17, 15) is 18.7 Å². The molecule has 0 spiro atoms. The summed E-state index contributed by atoms with van der Waals surface area (Å²) >= 11 is 0. The first-order valence-corrected chi connectivity index (χ1v) is 6.77. The zero-order valence-electron chi connectivity index (χ0n) is 10.9. The maximum absolute atomic E-state index is 13.5. The van der Waals surface area contributed by atoms with Crippen LogP contribution in [0, 0.1) is 11.6 Å². The highest BCUT2D eigenvalue weighted by molar-refractivity contribution is 5.90. The molecule has 3 rings (SSSR count). The molecule has 0 aromatic heterocycles. The van der Waals surface area contributed by atoms with E-state index >= 15 is 0 Å². The van der Waals surface area contributed by atoms with Crippen molar-refractivity contribution < 1.29 is 18.7 Å². The van der Waals surface area contributed by atoms with Crippen molar-refractivity contribution >= 4 is 11.7 Å². The number of nitrogens with one attached hydrogen (secondary N) is 1. The Morgan fingerprint density at radius 3 is 2.30 bits per heavy atom. The van der Waals surface area contributed by atoms with Crippen LogP contribution in [-0.4, -0.2) is 34.2 Å². The van der Waals surface area contributed by atoms with Crippen LogP contribution in [0.15, 0.2) is 18.2 Å². The van der Waals surface area contributed by atoms with Gasteiger partial charge in [0.15, 0.2) is 0 Å². The van der Waals surface area contributed by atoms with E-state index in [2.05, 4.69) is 5.32 Å². The minimum atomic E-state index is -0.789. The SMILES string of the molecule is O=C(Nc1c(F)cccc1F)N1C2CCC1CC(O)C2. The van der Waals surface area contributed by atoms with Crippen LogP contribution in [-0.2, 0) is 0 Å². The number of aliphatic hydroxyl groups excluding tert-OH is 1. The maximum atomic E-state index is 13.5. The summed E-state index contributed by atoms with van der Waals surface area (Å²) in [6.45, 7) is 0. The van der Waals surface area contributed by atoms with Gasteiger partial charge < -0.3 is 15.3 Å². The molecule has 2 N–H and O–H groups in total. The van der Waals surface area contributed by atoms with Crippen molar-refractivity contribution in [2.24, 2.45) is 0 Å². The summed E-state index contributed by atoms with van der Waals surface area (Å²) in [5.41, 5.74) is -0.414. The number of hydrogen-bond acceptors (Lipinski definition) is 2. The predicted molar refractivity (Wildman–Crippen MR) is 69.3 cm³/mol. The number of urea groups is 1. The van der Waals surface area contributed by atoms with Gasteiger partial charge in [-0.05, 0) is 37.8 Å². The topological polar surface area (TPSA) is 52.6 Å². The summed E-state index contributed by atoms with van der Waals surface area (Å²) < 4.78 is 27.1. The second-order valence-electron chi connectivity index (χ2n) is 5.44. The fraction of sp³-hybridized carbons (Fsp3) is 0.500. The Morgan fingerprint density at radius 2 is 1.75 bits per heavy atom. The van der Waals surface area contributed by atoms with E-state index in [4.69, 9.17) is 0 Å². The molecule has 2 unspecified atom stereocenters. The Hall–Kier alpha value is -1.69. The second kappa shape index (κ2) is 5.01. The second-order valence-corrected chi connectivity index (χ2v) is 5.44. The fourth-order valence-electron chi connectivity index (χ4n) is 3.27. The molecule has 0 saturated carbocycles. The molecule has 0 radical (unpaired) electrons. The minimum Gasteiger partial charge on any atom is -0.393 e. The van der Waals surface area contributed by atoms with Crippen molar-refractivity contribution in [2.75, 3.05) is 5.32 Å². The number of anilines is 1. The summed E-state index contributed by atoms with van der Waals surface area (Å²) in [5.74, 6) is -1.58. The van der Waals surface area contributed by atoms with Gasteiger partial charge in [-0.25, -0.2) is 13.6 Å². The van der Waals surface area contributed by atoms with Gasteiger partial charge >= 0.3 is 6.03 Å². The number of carbonyl (C=O) groups excluding carboxylic acids is 1. The lowest BCUT2D eigenvalue weighted by Crippen LogP contribution is -2.49. The number of carbonyl (C=O) groups is 1. The third-order valence-electron chi connectivity index (χ3n) is 4.14. The summed E-state index contributed by atoms with van der Waals surface area (Å²) in [6, 6.07) is 2.88. The fourth-order valence-corrected chi connectivity index (χ4v) is 3.27. The van der Waals surface area contributed by atoms with Gasteiger partial charge in [0.1, 0.15) is 17.3 Å². The number of fused-ring (bicyclic) bond motifs is 2. The van der Waals surface area contributed by atoms with Crippen LogP contribution in [0.3, 0.4) is 0 Å². The van der Waals surface area contributed by atoms with Crippen LogP contribution in [0.5, 0.6) is 0 Å². The first-order valence-electron chi connectivity index (χ1n) is 6.77. The quantitative estimate of drug-likeness (QED) is 0.831. The average Bonchev–Trinajstić information content (AvgIpc) is 2.66. The zero-order chi connectivity index (χ0) is 14.3. The third-order valence-corrected chi connectivity index (χ3v) is 4.14. The van der Waals surface area contributed by atoms with Crippen molar-refractivity contribution in [1.29, 1.82) is 0 Å². The lowest BCUT2D eigenvalue weighted by Gasteiger charge is -2.37. The van der Waals surface area contributed by atoms with Crippen molar-refractivity contribution in [3.05, 3.63) is 29.8 Å². The number of amides is 2. The Balaban J connectivity index is 1.77. The van der Waals surface area contributed by atoms with Crippen LogP contribution >= 0.6 is 0 Å². The van der Waals surface area contributed by atoms with Gasteiger partial charge in [-0.2, -0.15) is 0 Å². The van der Waals surface area contributed by atoms with E-state index in [0.29, 0.717) is 12.8 Å². The summed E-state index contributed by atoms with van der Waals surface area (Å²) in [4.78, 5) is 13.9. The Morgan fingerprint density at radius 1 is 1.20 bits per heavy atom. The monoisotopic (exact) mass is 282 g/mol. The molecule has 2 fully saturated rings. The molecule has 1 aromatic carbocycles. The van der Waals surface area contributed by atoms with Crippen LogP contribution < -0.4 is 5.32 Å². The largest absolute Gasteiger partial charge is 0.393 e. The van der Waals surface area contributed by atoms with E-state index < -0.39 is 23.4 Å². The van der Waals surface area contributed by atoms with Crippen molar-refractivity contribution in [3.63, 3.8) is 0 Å². The molecule has 2 bridgehead atoms. The molecule has 2 heterocycles. The van der Waals surface area contributed by atoms with Crippen molar-refractivity contribution in [3.8, 4) is 0 Å². The number of nitrogens with zero attached hydrogens (tertiary/aromatic N) is 1. The number of hydrogen-bond donors (Lipinski definition) is 2. The van der Waals surface area contributed by atoms with Crippen LogP contribution in [0.25, 0.3) is 0 Å². The maximum Gasteiger partial charge on any atom is 0.322 e. The molecule has 2 saturated heterocycles. The van der Waals surface area contributed by atoms with Gasteiger partial charge in [-0.1, -0.05) is 6.07 Å². The number of para-hydroxylation sites is 1. The van der Waals surface area contributed by atoms with Crippen LogP contribution in [0.1, 0.15) is 25.7 Å². The van der Waals surface area contributed by atoms with Gasteiger partial charge in [-0.15, -0.1) is 0 Å². The normalized spacial score (nSPS) is 28.6. The summed E-state index contributed by atoms with van der Waals surface area (Å²) in [6.07, 6.45) is 2.33. The molecule has 6 heteroatoms. The van der Waals surface area contributed by atoms with Crippen LogP contribution in [0.4, 0.5) is 19.3 Å². The predicted octanol–water partition coefficient (Wildman–Crippen LogP) is 2.48. The molecule has 20 heavy (non-hydrogen) atoms. The molecule has 2 aliphatic heterocycles. The lowest BCUT2D eigenvalue weighted by molar-refractivity contribution is 0.0579. The van der Waals surface area contributed by atoms with Gasteiger partial charge in [0.05, 0.1) is 6.10 Å². The van der Waals surface area contributed by atoms with E-state index in [1.807, 2.05) is 0 Å². The third kappa shape index (κ3) is 2.24. The Labute approximate surface area is 115 Å². The highest BCUT2D eigenvalue weighted by Gasteiger charge is 2.43. The average molecular weight is 282 g/mol. The van der Waals surface area contributed by atoms with E-state index in [1.165, 1.54) is 6.07 Å². The standard InChI is InChI=1S/C14H16F2N2O2/c15-11-2-1-3-12(16)13(11)17-14(20)18-8-4-5-9(18)7-10(19)6-8/h1-3,8-10,19H,4-7H2,(H,17,20). The number of aliphatic hydroxyl groups is 1. The minimum absolute atomic E-state index is 0.0430. The van der Waals surface area contributed by atoms with Crippen LogP contribution in [0.2, 0.25) is 0 Å². The summed E-state index contributed by atoms with van der Waals surface area (Å²) in [5, 5.41) is 12.0. The molecule has 0 aliphatic carbocycles. The molecule has 4 nitrogen and oxygen atoms in total. The molecule has 108 valence electrons. The molecular formula is C14H16F2N2O2. The zero-order valence-corrected chi connectivity index (χ0v) is 10.9. The number of benzene rings is 1. The Bertz CT molecular complexity index is 504. The van der Waals surface area contributed by atoms with Gasteiger partial charge in [0, 0.05) is 12.1 Å².